The Labute approximate surface area is 378 Å². The first kappa shape index (κ1) is 38.0. The van der Waals surface area contributed by atoms with E-state index in [-0.39, 0.29) is 0 Å². The maximum Gasteiger partial charge on any atom is 0.0547 e. The van der Waals surface area contributed by atoms with Crippen molar-refractivity contribution >= 4 is 77.5 Å². The van der Waals surface area contributed by atoms with Crippen LogP contribution in [0.5, 0.6) is 0 Å². The lowest BCUT2D eigenvalue weighted by molar-refractivity contribution is 1.18. The van der Waals surface area contributed by atoms with E-state index in [9.17, 15) is 0 Å². The largest absolute Gasteiger partial charge is 0.310 e. The lowest BCUT2D eigenvalue weighted by Crippen LogP contribution is -2.13. The molecule has 0 N–H and O–H groups in total. The van der Waals surface area contributed by atoms with Gasteiger partial charge in [0.25, 0.3) is 0 Å². The van der Waals surface area contributed by atoms with Gasteiger partial charge in [0.1, 0.15) is 0 Å². The molecule has 0 aliphatic heterocycles. The van der Waals surface area contributed by atoms with Crippen LogP contribution in [0, 0.1) is 0 Å². The quantitative estimate of drug-likeness (QED) is 0.144. The van der Waals surface area contributed by atoms with Gasteiger partial charge < -0.3 is 14.4 Å². The Balaban J connectivity index is 1.10. The van der Waals surface area contributed by atoms with Gasteiger partial charge in [0, 0.05) is 50.6 Å². The fourth-order valence-electron chi connectivity index (χ4n) is 9.56. The summed E-state index contributed by atoms with van der Waals surface area (Å²) in [5, 5.41) is 7.26. The third kappa shape index (κ3) is 7.06. The van der Waals surface area contributed by atoms with Crippen LogP contribution in [0.3, 0.4) is 0 Å². The molecule has 11 aromatic carbocycles. The monoisotopic (exact) mass is 829 g/mol. The fraction of sp³-hybridized carbons (Fsp3) is 0. The Hall–Kier alpha value is -8.66. The van der Waals surface area contributed by atoms with Crippen molar-refractivity contribution in [1.82, 2.24) is 4.57 Å². The number of aromatic nitrogens is 1. The van der Waals surface area contributed by atoms with Gasteiger partial charge in [-0.3, -0.25) is 0 Å². The lowest BCUT2D eigenvalue weighted by Gasteiger charge is -2.30. The van der Waals surface area contributed by atoms with Gasteiger partial charge in [-0.2, -0.15) is 0 Å². The molecule has 0 spiro atoms. The Morgan fingerprint density at radius 3 is 1.28 bits per heavy atom. The average Bonchev–Trinajstić information content (AvgIpc) is 3.71. The van der Waals surface area contributed by atoms with E-state index in [0.717, 1.165) is 56.5 Å². The minimum atomic E-state index is 1.05. The maximum atomic E-state index is 2.42. The molecule has 0 saturated heterocycles. The Morgan fingerprint density at radius 2 is 0.692 bits per heavy atom. The summed E-state index contributed by atoms with van der Waals surface area (Å²) in [6.45, 7) is 0. The number of anilines is 6. The summed E-state index contributed by atoms with van der Waals surface area (Å²) in [6, 6.07) is 94.6. The molecule has 1 aromatic heterocycles. The summed E-state index contributed by atoms with van der Waals surface area (Å²) in [4.78, 5) is 4.79. The smallest absolute Gasteiger partial charge is 0.0547 e. The van der Waals surface area contributed by atoms with Crippen molar-refractivity contribution in [2.24, 2.45) is 0 Å². The molecule has 0 aliphatic carbocycles. The molecular weight excluding hydrogens is 787 g/mol. The first-order valence-electron chi connectivity index (χ1n) is 22.2. The molecule has 0 radical (unpaired) electrons. The van der Waals surface area contributed by atoms with Crippen molar-refractivity contribution in [3.8, 4) is 27.9 Å². The van der Waals surface area contributed by atoms with E-state index in [1.165, 1.54) is 49.0 Å². The molecule has 0 unspecified atom stereocenters. The average molecular weight is 830 g/mol. The normalized spacial score (nSPS) is 11.4. The van der Waals surface area contributed by atoms with Gasteiger partial charge in [-0.25, -0.2) is 0 Å². The van der Waals surface area contributed by atoms with Gasteiger partial charge in [0.15, 0.2) is 0 Å². The van der Waals surface area contributed by atoms with Crippen molar-refractivity contribution in [2.45, 2.75) is 0 Å². The topological polar surface area (TPSA) is 11.4 Å². The number of rotatable bonds is 9. The summed E-state index contributed by atoms with van der Waals surface area (Å²) in [5.74, 6) is 0. The highest BCUT2D eigenvalue weighted by molar-refractivity contribution is 6.10. The third-order valence-corrected chi connectivity index (χ3v) is 12.7. The summed E-state index contributed by atoms with van der Waals surface area (Å²) < 4.78 is 2.42. The van der Waals surface area contributed by atoms with E-state index in [1.54, 1.807) is 0 Å². The highest BCUT2D eigenvalue weighted by atomic mass is 15.2. The van der Waals surface area contributed by atoms with Gasteiger partial charge in [-0.05, 0) is 135 Å². The maximum absolute atomic E-state index is 2.42. The van der Waals surface area contributed by atoms with Crippen molar-refractivity contribution in [2.75, 3.05) is 9.80 Å². The number of hydrogen-bond donors (Lipinski definition) is 0. The first-order chi connectivity index (χ1) is 32.2. The van der Waals surface area contributed by atoms with Crippen LogP contribution in [0.1, 0.15) is 0 Å². The molecule has 1 heterocycles. The predicted octanol–water partition coefficient (Wildman–Crippen LogP) is 17.4. The Kier molecular flexibility index (Phi) is 9.50. The van der Waals surface area contributed by atoms with Crippen LogP contribution in [0.2, 0.25) is 0 Å². The molecule has 0 aliphatic rings. The molecule has 12 aromatic rings. The standard InChI is InChI=1S/C62H43N3/c1-4-16-44(17-5-1)47-28-33-54(34-29-47)65-61-27-15-14-26-59(61)60-37-32-50(42-62(60)65)51-40-57(63(52-22-6-2-7-23-52)55-35-30-45-18-10-12-20-48(45)38-55)43-58(41-51)64(53-24-8-3-9-25-53)56-36-31-46-19-11-13-21-49(46)39-56/h1-43H. The zero-order chi connectivity index (χ0) is 43.1. The minimum absolute atomic E-state index is 1.05. The molecule has 65 heavy (non-hydrogen) atoms. The van der Waals surface area contributed by atoms with Crippen molar-refractivity contribution < 1.29 is 0 Å². The van der Waals surface area contributed by atoms with E-state index in [2.05, 4.69) is 275 Å². The van der Waals surface area contributed by atoms with E-state index >= 15 is 0 Å². The van der Waals surface area contributed by atoms with Gasteiger partial charge >= 0.3 is 0 Å². The van der Waals surface area contributed by atoms with Crippen LogP contribution >= 0.6 is 0 Å². The van der Waals surface area contributed by atoms with Gasteiger partial charge in [0.05, 0.1) is 11.0 Å². The second-order valence-corrected chi connectivity index (χ2v) is 16.6. The van der Waals surface area contributed by atoms with Crippen LogP contribution in [-0.2, 0) is 0 Å². The van der Waals surface area contributed by atoms with Crippen LogP contribution in [0.15, 0.2) is 261 Å². The summed E-state index contributed by atoms with van der Waals surface area (Å²) in [6.07, 6.45) is 0. The van der Waals surface area contributed by atoms with E-state index < -0.39 is 0 Å². The molecule has 3 nitrogen and oxygen atoms in total. The van der Waals surface area contributed by atoms with Crippen LogP contribution in [0.4, 0.5) is 34.1 Å². The van der Waals surface area contributed by atoms with E-state index in [4.69, 9.17) is 0 Å². The summed E-state index contributed by atoms with van der Waals surface area (Å²) in [5.41, 5.74) is 14.6. The first-order valence-corrected chi connectivity index (χ1v) is 22.2. The van der Waals surface area contributed by atoms with Crippen LogP contribution < -0.4 is 9.80 Å². The van der Waals surface area contributed by atoms with Gasteiger partial charge in [-0.1, -0.05) is 170 Å². The zero-order valence-electron chi connectivity index (χ0n) is 35.7. The number of benzene rings is 11. The highest BCUT2D eigenvalue weighted by Crippen LogP contribution is 2.45. The second kappa shape index (κ2) is 16.2. The molecule has 12 rings (SSSR count). The minimum Gasteiger partial charge on any atom is -0.310 e. The van der Waals surface area contributed by atoms with Crippen molar-refractivity contribution in [1.29, 1.82) is 0 Å². The number of para-hydroxylation sites is 3. The van der Waals surface area contributed by atoms with Gasteiger partial charge in [0.2, 0.25) is 0 Å². The number of nitrogens with zero attached hydrogens (tertiary/aromatic N) is 3. The molecule has 0 fully saturated rings. The molecule has 0 bridgehead atoms. The molecule has 0 amide bonds. The lowest BCUT2D eigenvalue weighted by atomic mass is 10.00. The Bertz CT molecular complexity index is 3510. The van der Waals surface area contributed by atoms with E-state index in [1.807, 2.05) is 0 Å². The predicted molar refractivity (Wildman–Crippen MR) is 276 cm³/mol. The Morgan fingerprint density at radius 1 is 0.231 bits per heavy atom. The van der Waals surface area contributed by atoms with Crippen LogP contribution in [-0.4, -0.2) is 4.57 Å². The summed E-state index contributed by atoms with van der Waals surface area (Å²) in [7, 11) is 0. The SMILES string of the molecule is c1ccc(-c2ccc(-n3c4ccccc4c4ccc(-c5cc(N(c6ccccc6)c6ccc7ccccc7c6)cc(N(c6ccccc6)c6ccc7ccccc7c6)c5)cc43)cc2)cc1. The third-order valence-electron chi connectivity index (χ3n) is 12.7. The molecule has 0 saturated carbocycles. The molecule has 3 heteroatoms. The molecule has 0 atom stereocenters. The molecule has 306 valence electrons. The number of hydrogen-bond acceptors (Lipinski definition) is 2. The molecular formula is C62H43N3. The van der Waals surface area contributed by atoms with Crippen molar-refractivity contribution in [3.05, 3.63) is 261 Å². The van der Waals surface area contributed by atoms with Crippen LogP contribution in [0.25, 0.3) is 71.3 Å². The zero-order valence-corrected chi connectivity index (χ0v) is 35.7. The number of fused-ring (bicyclic) bond motifs is 5. The second-order valence-electron chi connectivity index (χ2n) is 16.6. The fourth-order valence-corrected chi connectivity index (χ4v) is 9.56. The summed E-state index contributed by atoms with van der Waals surface area (Å²) >= 11 is 0. The van der Waals surface area contributed by atoms with E-state index in [0.29, 0.717) is 0 Å². The van der Waals surface area contributed by atoms with Crippen molar-refractivity contribution in [3.63, 3.8) is 0 Å². The van der Waals surface area contributed by atoms with Gasteiger partial charge in [-0.15, -0.1) is 0 Å². The highest BCUT2D eigenvalue weighted by Gasteiger charge is 2.21.